The Morgan fingerprint density at radius 3 is 2.41 bits per heavy atom. The van der Waals surface area contributed by atoms with Gasteiger partial charge in [-0.3, -0.25) is 19.3 Å². The number of hydrogen-bond acceptors (Lipinski definition) is 6. The van der Waals surface area contributed by atoms with Crippen LogP contribution in [0.1, 0.15) is 35.7 Å². The molecule has 0 aliphatic carbocycles. The van der Waals surface area contributed by atoms with Crippen LogP contribution in [0.5, 0.6) is 0 Å². The zero-order valence-electron chi connectivity index (χ0n) is 17.4. The van der Waals surface area contributed by atoms with E-state index in [9.17, 15) is 24.3 Å². The van der Waals surface area contributed by atoms with Gasteiger partial charge in [-0.05, 0) is 60.0 Å². The normalized spacial score (nSPS) is 15.3. The molecule has 0 radical (unpaired) electrons. The summed E-state index contributed by atoms with van der Waals surface area (Å²) in [4.78, 5) is 49.2. The molecule has 1 heterocycles. The Balaban J connectivity index is 1.51. The van der Waals surface area contributed by atoms with Crippen molar-refractivity contribution in [2.24, 2.45) is 0 Å². The average molecular weight is 450 g/mol. The van der Waals surface area contributed by atoms with E-state index in [4.69, 9.17) is 0 Å². The van der Waals surface area contributed by atoms with Crippen LogP contribution in [-0.2, 0) is 9.59 Å². The number of amides is 3. The summed E-state index contributed by atoms with van der Waals surface area (Å²) in [5.41, 5.74) is 2.32. The van der Waals surface area contributed by atoms with E-state index in [1.165, 1.54) is 24.3 Å². The number of anilines is 1. The van der Waals surface area contributed by atoms with E-state index in [1.807, 2.05) is 43.3 Å². The molecule has 2 aromatic carbocycles. The topological polar surface area (TPSA) is 107 Å². The molecule has 0 atom stereocenters. The van der Waals surface area contributed by atoms with Gasteiger partial charge in [-0.2, -0.15) is 0 Å². The summed E-state index contributed by atoms with van der Waals surface area (Å²) in [6.45, 7) is 2.01. The van der Waals surface area contributed by atoms with Crippen LogP contribution < -0.4 is 10.4 Å². The number of nitrogens with one attached hydrogen (secondary N) is 1. The molecule has 7 nitrogen and oxygen atoms in total. The second-order valence-electron chi connectivity index (χ2n) is 7.15. The zero-order chi connectivity index (χ0) is 23.1. The van der Waals surface area contributed by atoms with E-state index in [0.717, 1.165) is 27.8 Å². The van der Waals surface area contributed by atoms with Crippen LogP contribution >= 0.6 is 11.8 Å². The van der Waals surface area contributed by atoms with E-state index in [0.29, 0.717) is 17.0 Å². The first kappa shape index (κ1) is 23.0. The lowest BCUT2D eigenvalue weighted by molar-refractivity contribution is -0.255. The van der Waals surface area contributed by atoms with Crippen molar-refractivity contribution in [2.75, 3.05) is 11.9 Å². The highest BCUT2D eigenvalue weighted by Crippen LogP contribution is 2.32. The number of thioether (sulfide) groups is 1. The Labute approximate surface area is 189 Å². The van der Waals surface area contributed by atoms with Crippen LogP contribution in [0.25, 0.3) is 6.08 Å². The first-order valence-corrected chi connectivity index (χ1v) is 10.7. The Kier molecular flexibility index (Phi) is 7.62. The fraction of sp³-hybridized carbons (Fsp3) is 0.167. The Bertz CT molecular complexity index is 1090. The molecule has 1 fully saturated rings. The van der Waals surface area contributed by atoms with E-state index < -0.39 is 5.97 Å². The Morgan fingerprint density at radius 1 is 1.06 bits per heavy atom. The molecule has 1 N–H and O–H groups in total. The fourth-order valence-electron chi connectivity index (χ4n) is 3.06. The largest absolute Gasteiger partial charge is 0.545 e. The number of carboxylic acids is 1. The van der Waals surface area contributed by atoms with Gasteiger partial charge in [0.2, 0.25) is 5.91 Å². The van der Waals surface area contributed by atoms with Gasteiger partial charge in [-0.1, -0.05) is 48.5 Å². The quantitative estimate of drug-likeness (QED) is 0.619. The maximum absolute atomic E-state index is 12.6. The first-order chi connectivity index (χ1) is 15.3. The molecular weight excluding hydrogens is 428 g/mol. The molecule has 1 aliphatic rings. The number of rotatable bonds is 8. The Morgan fingerprint density at radius 2 is 1.75 bits per heavy atom. The van der Waals surface area contributed by atoms with Gasteiger partial charge >= 0.3 is 0 Å². The number of carboxylic acid groups (broad SMARTS) is 1. The van der Waals surface area contributed by atoms with Gasteiger partial charge in [0.1, 0.15) is 0 Å². The summed E-state index contributed by atoms with van der Waals surface area (Å²) in [5, 5.41) is 13.0. The van der Waals surface area contributed by atoms with Gasteiger partial charge in [0.15, 0.2) is 0 Å². The molecule has 32 heavy (non-hydrogen) atoms. The maximum Gasteiger partial charge on any atom is 0.293 e. The van der Waals surface area contributed by atoms with E-state index in [2.05, 4.69) is 5.32 Å². The van der Waals surface area contributed by atoms with Crippen molar-refractivity contribution in [3.63, 3.8) is 0 Å². The van der Waals surface area contributed by atoms with Gasteiger partial charge in [0.25, 0.3) is 11.1 Å². The van der Waals surface area contributed by atoms with Crippen LogP contribution in [0.4, 0.5) is 10.5 Å². The number of hydrogen-bond donors (Lipinski definition) is 1. The van der Waals surface area contributed by atoms with Crippen molar-refractivity contribution in [3.05, 3.63) is 82.3 Å². The molecule has 0 saturated carbocycles. The van der Waals surface area contributed by atoms with Gasteiger partial charge in [0.05, 0.1) is 10.9 Å². The predicted molar refractivity (Wildman–Crippen MR) is 122 cm³/mol. The lowest BCUT2D eigenvalue weighted by Crippen LogP contribution is -2.29. The molecule has 3 amide bonds. The van der Waals surface area contributed by atoms with Crippen molar-refractivity contribution < 1.29 is 24.3 Å². The predicted octanol–water partition coefficient (Wildman–Crippen LogP) is 3.45. The number of allylic oxidation sites excluding steroid dienone is 2. The van der Waals surface area contributed by atoms with Crippen molar-refractivity contribution in [1.29, 1.82) is 0 Å². The summed E-state index contributed by atoms with van der Waals surface area (Å²) < 4.78 is 0. The molecule has 3 rings (SSSR count). The molecule has 8 heteroatoms. The van der Waals surface area contributed by atoms with Crippen molar-refractivity contribution in [2.45, 2.75) is 19.8 Å². The number of carbonyl (C=O) groups excluding carboxylic acids is 4. The number of imide groups is 1. The molecule has 1 saturated heterocycles. The summed E-state index contributed by atoms with van der Waals surface area (Å²) in [5.74, 6) is -1.95. The van der Waals surface area contributed by atoms with Crippen molar-refractivity contribution >= 4 is 46.5 Å². The third kappa shape index (κ3) is 6.18. The van der Waals surface area contributed by atoms with Crippen LogP contribution in [0.15, 0.2) is 71.2 Å². The van der Waals surface area contributed by atoms with Crippen LogP contribution in [0.2, 0.25) is 0 Å². The van der Waals surface area contributed by atoms with E-state index in [-0.39, 0.29) is 35.6 Å². The highest BCUT2D eigenvalue weighted by Gasteiger charge is 2.34. The van der Waals surface area contributed by atoms with Crippen LogP contribution in [0, 0.1) is 0 Å². The minimum absolute atomic E-state index is 0.0178. The number of benzene rings is 2. The molecule has 0 spiro atoms. The lowest BCUT2D eigenvalue weighted by Gasteiger charge is -2.12. The molecule has 0 aromatic heterocycles. The SMILES string of the molecule is CC(=C/c1ccccc1)/C=C1\SC(=O)N(CCCC(=O)Nc2ccc(C(=O)[O-])cc2)C1=O. The summed E-state index contributed by atoms with van der Waals surface area (Å²) in [7, 11) is 0. The average Bonchev–Trinajstić information content (AvgIpc) is 3.02. The summed E-state index contributed by atoms with van der Waals surface area (Å²) >= 11 is 0.890. The van der Waals surface area contributed by atoms with Gasteiger partial charge < -0.3 is 15.2 Å². The van der Waals surface area contributed by atoms with Gasteiger partial charge in [-0.15, -0.1) is 0 Å². The molecule has 0 unspecified atom stereocenters. The lowest BCUT2D eigenvalue weighted by atomic mass is 10.1. The minimum atomic E-state index is -1.29. The number of nitrogens with zero attached hydrogens (tertiary/aromatic N) is 1. The second-order valence-corrected chi connectivity index (χ2v) is 8.14. The third-order valence-electron chi connectivity index (χ3n) is 4.62. The van der Waals surface area contributed by atoms with Gasteiger partial charge in [-0.25, -0.2) is 0 Å². The minimum Gasteiger partial charge on any atom is -0.545 e. The highest BCUT2D eigenvalue weighted by molar-refractivity contribution is 8.18. The number of carbonyl (C=O) groups is 4. The van der Waals surface area contributed by atoms with Crippen molar-refractivity contribution in [1.82, 2.24) is 4.90 Å². The summed E-state index contributed by atoms with van der Waals surface area (Å²) in [6, 6.07) is 15.3. The van der Waals surface area contributed by atoms with E-state index in [1.54, 1.807) is 6.08 Å². The second kappa shape index (κ2) is 10.6. The third-order valence-corrected chi connectivity index (χ3v) is 5.52. The standard InChI is InChI=1S/C24H22N2O5S/c1-16(14-17-6-3-2-4-7-17)15-20-22(28)26(24(31)32-20)13-5-8-21(27)25-19-11-9-18(10-12-19)23(29)30/h2-4,6-7,9-12,14-15H,5,8,13H2,1H3,(H,25,27)(H,29,30)/p-1/b16-14-,20-15-. The summed E-state index contributed by atoms with van der Waals surface area (Å²) in [6.07, 6.45) is 4.04. The molecule has 164 valence electrons. The van der Waals surface area contributed by atoms with E-state index >= 15 is 0 Å². The van der Waals surface area contributed by atoms with Crippen molar-refractivity contribution in [3.8, 4) is 0 Å². The maximum atomic E-state index is 12.6. The zero-order valence-corrected chi connectivity index (χ0v) is 18.2. The van der Waals surface area contributed by atoms with Crippen LogP contribution in [-0.4, -0.2) is 34.5 Å². The monoisotopic (exact) mass is 449 g/mol. The molecule has 1 aliphatic heterocycles. The molecular formula is C24H21N2O5S-. The first-order valence-electron chi connectivity index (χ1n) is 9.93. The highest BCUT2D eigenvalue weighted by atomic mass is 32.2. The van der Waals surface area contributed by atoms with Crippen LogP contribution in [0.3, 0.4) is 0 Å². The molecule has 0 bridgehead atoms. The van der Waals surface area contributed by atoms with Gasteiger partial charge in [0, 0.05) is 18.7 Å². The fourth-order valence-corrected chi connectivity index (χ4v) is 3.98. The smallest absolute Gasteiger partial charge is 0.293 e. The Hall–Kier alpha value is -3.65. The molecule has 2 aromatic rings. The number of aromatic carboxylic acids is 1.